The first-order chi connectivity index (χ1) is 10.6. The standard InChI is InChI=1S/C17H24N2O3/c1-13-2-4-14(5-3-13)18-8-6-15(7-9-18)19-10-11-22-16(12-19)17(20)21/h2-5,15-16H,6-12H2,1H3,(H,20,21). The molecule has 1 aromatic rings. The van der Waals surface area contributed by atoms with Gasteiger partial charge in [0.05, 0.1) is 6.61 Å². The van der Waals surface area contributed by atoms with Gasteiger partial charge in [0.1, 0.15) is 0 Å². The maximum absolute atomic E-state index is 11.1. The van der Waals surface area contributed by atoms with E-state index in [9.17, 15) is 4.79 Å². The minimum Gasteiger partial charge on any atom is -0.479 e. The molecule has 5 nitrogen and oxygen atoms in total. The topological polar surface area (TPSA) is 53.0 Å². The van der Waals surface area contributed by atoms with E-state index in [0.29, 0.717) is 19.2 Å². The summed E-state index contributed by atoms with van der Waals surface area (Å²) in [4.78, 5) is 15.8. The monoisotopic (exact) mass is 304 g/mol. The molecule has 0 amide bonds. The molecule has 0 aliphatic carbocycles. The molecule has 22 heavy (non-hydrogen) atoms. The van der Waals surface area contributed by atoms with Crippen molar-refractivity contribution in [2.45, 2.75) is 31.9 Å². The Morgan fingerprint density at radius 1 is 1.18 bits per heavy atom. The number of aliphatic carboxylic acids is 1. The first kappa shape index (κ1) is 15.3. The molecule has 1 aromatic carbocycles. The van der Waals surface area contributed by atoms with Crippen molar-refractivity contribution in [1.29, 1.82) is 0 Å². The van der Waals surface area contributed by atoms with Gasteiger partial charge in [-0.05, 0) is 31.9 Å². The molecule has 0 saturated carbocycles. The molecule has 5 heteroatoms. The number of piperidine rings is 1. The Kier molecular flexibility index (Phi) is 4.64. The quantitative estimate of drug-likeness (QED) is 0.922. The molecule has 2 saturated heterocycles. The molecular formula is C17H24N2O3. The molecule has 3 rings (SSSR count). The highest BCUT2D eigenvalue weighted by atomic mass is 16.5. The molecular weight excluding hydrogens is 280 g/mol. The fourth-order valence-electron chi connectivity index (χ4n) is 3.40. The molecule has 2 heterocycles. The fraction of sp³-hybridized carbons (Fsp3) is 0.588. The maximum atomic E-state index is 11.1. The Balaban J connectivity index is 1.55. The highest BCUT2D eigenvalue weighted by Gasteiger charge is 2.32. The second-order valence-corrected chi connectivity index (χ2v) is 6.25. The van der Waals surface area contributed by atoms with Gasteiger partial charge in [0.2, 0.25) is 0 Å². The van der Waals surface area contributed by atoms with E-state index < -0.39 is 12.1 Å². The molecule has 2 aliphatic rings. The average molecular weight is 304 g/mol. The van der Waals surface area contributed by atoms with E-state index in [2.05, 4.69) is 41.0 Å². The molecule has 2 fully saturated rings. The molecule has 0 bridgehead atoms. The number of carboxylic acids is 1. The van der Waals surface area contributed by atoms with Crippen molar-refractivity contribution in [2.24, 2.45) is 0 Å². The van der Waals surface area contributed by atoms with Crippen LogP contribution in [-0.2, 0) is 9.53 Å². The van der Waals surface area contributed by atoms with Crippen LogP contribution in [0.25, 0.3) is 0 Å². The fourth-order valence-corrected chi connectivity index (χ4v) is 3.40. The predicted octanol–water partition coefficient (Wildman–Crippen LogP) is 1.75. The zero-order valence-corrected chi connectivity index (χ0v) is 13.1. The zero-order chi connectivity index (χ0) is 15.5. The molecule has 1 unspecified atom stereocenters. The third-order valence-corrected chi connectivity index (χ3v) is 4.75. The van der Waals surface area contributed by atoms with Gasteiger partial charge in [-0.25, -0.2) is 4.79 Å². The number of carboxylic acid groups (broad SMARTS) is 1. The number of carbonyl (C=O) groups is 1. The van der Waals surface area contributed by atoms with Crippen LogP contribution in [0.5, 0.6) is 0 Å². The average Bonchev–Trinajstić information content (AvgIpc) is 2.56. The van der Waals surface area contributed by atoms with Crippen molar-refractivity contribution < 1.29 is 14.6 Å². The van der Waals surface area contributed by atoms with Gasteiger partial charge in [-0.15, -0.1) is 0 Å². The highest BCUT2D eigenvalue weighted by molar-refractivity contribution is 5.72. The van der Waals surface area contributed by atoms with Crippen molar-refractivity contribution in [3.8, 4) is 0 Å². The SMILES string of the molecule is Cc1ccc(N2CCC(N3CCOC(C(=O)O)C3)CC2)cc1. The zero-order valence-electron chi connectivity index (χ0n) is 13.1. The second-order valence-electron chi connectivity index (χ2n) is 6.25. The van der Waals surface area contributed by atoms with Crippen LogP contribution < -0.4 is 4.90 Å². The molecule has 1 N–H and O–H groups in total. The number of anilines is 1. The highest BCUT2D eigenvalue weighted by Crippen LogP contribution is 2.24. The third-order valence-electron chi connectivity index (χ3n) is 4.75. The van der Waals surface area contributed by atoms with Gasteiger partial charge in [0, 0.05) is 37.9 Å². The Bertz CT molecular complexity index is 509. The lowest BCUT2D eigenvalue weighted by molar-refractivity contribution is -0.157. The van der Waals surface area contributed by atoms with Crippen LogP contribution in [0.2, 0.25) is 0 Å². The number of aryl methyl sites for hydroxylation is 1. The van der Waals surface area contributed by atoms with Crippen LogP contribution in [0.3, 0.4) is 0 Å². The van der Waals surface area contributed by atoms with Crippen molar-refractivity contribution in [3.63, 3.8) is 0 Å². The molecule has 0 radical (unpaired) electrons. The Labute approximate surface area is 131 Å². The molecule has 2 aliphatic heterocycles. The summed E-state index contributed by atoms with van der Waals surface area (Å²) in [5.41, 5.74) is 2.57. The largest absolute Gasteiger partial charge is 0.479 e. The lowest BCUT2D eigenvalue weighted by atomic mass is 10.0. The number of nitrogens with zero attached hydrogens (tertiary/aromatic N) is 2. The second kappa shape index (κ2) is 6.67. The van der Waals surface area contributed by atoms with E-state index in [1.54, 1.807) is 0 Å². The summed E-state index contributed by atoms with van der Waals surface area (Å²) in [7, 11) is 0. The number of ether oxygens (including phenoxy) is 1. The van der Waals surface area contributed by atoms with Crippen molar-refractivity contribution in [2.75, 3.05) is 37.7 Å². The van der Waals surface area contributed by atoms with E-state index in [4.69, 9.17) is 9.84 Å². The van der Waals surface area contributed by atoms with Gasteiger partial charge in [-0.1, -0.05) is 17.7 Å². The van der Waals surface area contributed by atoms with E-state index in [-0.39, 0.29) is 0 Å². The van der Waals surface area contributed by atoms with Crippen LogP contribution >= 0.6 is 0 Å². The lowest BCUT2D eigenvalue weighted by Crippen LogP contribution is -2.53. The van der Waals surface area contributed by atoms with Gasteiger partial charge in [0.25, 0.3) is 0 Å². The minimum atomic E-state index is -0.846. The summed E-state index contributed by atoms with van der Waals surface area (Å²) in [5, 5.41) is 9.11. The number of rotatable bonds is 3. The number of hydrogen-bond acceptors (Lipinski definition) is 4. The number of benzene rings is 1. The minimum absolute atomic E-state index is 0.479. The summed E-state index contributed by atoms with van der Waals surface area (Å²) in [6.45, 7) is 6.05. The number of morpholine rings is 1. The summed E-state index contributed by atoms with van der Waals surface area (Å²) in [6.07, 6.45) is 1.50. The van der Waals surface area contributed by atoms with Crippen LogP contribution in [-0.4, -0.2) is 60.9 Å². The third kappa shape index (κ3) is 3.42. The van der Waals surface area contributed by atoms with Crippen molar-refractivity contribution in [1.82, 2.24) is 4.90 Å². The molecule has 1 atom stereocenters. The van der Waals surface area contributed by atoms with Crippen molar-refractivity contribution >= 4 is 11.7 Å². The van der Waals surface area contributed by atoms with Crippen LogP contribution in [0.15, 0.2) is 24.3 Å². The lowest BCUT2D eigenvalue weighted by Gasteiger charge is -2.42. The first-order valence-electron chi connectivity index (χ1n) is 8.03. The molecule has 0 aromatic heterocycles. The van der Waals surface area contributed by atoms with Gasteiger partial charge >= 0.3 is 5.97 Å². The van der Waals surface area contributed by atoms with E-state index in [1.165, 1.54) is 11.3 Å². The maximum Gasteiger partial charge on any atom is 0.334 e. The first-order valence-corrected chi connectivity index (χ1v) is 8.03. The number of hydrogen-bond donors (Lipinski definition) is 1. The van der Waals surface area contributed by atoms with E-state index in [0.717, 1.165) is 32.5 Å². The van der Waals surface area contributed by atoms with Gasteiger partial charge in [0.15, 0.2) is 6.10 Å². The van der Waals surface area contributed by atoms with Crippen LogP contribution in [0.4, 0.5) is 5.69 Å². The smallest absolute Gasteiger partial charge is 0.334 e. The Morgan fingerprint density at radius 2 is 1.86 bits per heavy atom. The summed E-state index contributed by atoms with van der Waals surface area (Å²) in [5.74, 6) is -0.846. The Hall–Kier alpha value is -1.59. The normalized spacial score (nSPS) is 24.4. The van der Waals surface area contributed by atoms with Gasteiger partial charge < -0.3 is 14.7 Å². The van der Waals surface area contributed by atoms with Gasteiger partial charge in [-0.3, -0.25) is 4.90 Å². The van der Waals surface area contributed by atoms with Crippen LogP contribution in [0, 0.1) is 6.92 Å². The Morgan fingerprint density at radius 3 is 2.50 bits per heavy atom. The van der Waals surface area contributed by atoms with Crippen molar-refractivity contribution in [3.05, 3.63) is 29.8 Å². The summed E-state index contributed by atoms with van der Waals surface area (Å²) >= 11 is 0. The summed E-state index contributed by atoms with van der Waals surface area (Å²) < 4.78 is 5.31. The predicted molar refractivity (Wildman–Crippen MR) is 85.4 cm³/mol. The summed E-state index contributed by atoms with van der Waals surface area (Å²) in [6, 6.07) is 9.16. The van der Waals surface area contributed by atoms with Gasteiger partial charge in [-0.2, -0.15) is 0 Å². The molecule has 120 valence electrons. The molecule has 0 spiro atoms. The van der Waals surface area contributed by atoms with E-state index in [1.807, 2.05) is 0 Å². The van der Waals surface area contributed by atoms with E-state index >= 15 is 0 Å². The van der Waals surface area contributed by atoms with Crippen LogP contribution in [0.1, 0.15) is 18.4 Å².